The quantitative estimate of drug-likeness (QED) is 0.503. The standard InChI is InChI=1S/C8H10N2.2Al/c9-10-7-6-8-4-2-1-3-5-8;;/h1-2,4,10H,3,5,7H2;;. The van der Waals surface area contributed by atoms with Crippen molar-refractivity contribution in [3.05, 3.63) is 23.8 Å². The van der Waals surface area contributed by atoms with E-state index in [4.69, 9.17) is 0 Å². The molecule has 0 aliphatic heterocycles. The number of nitrogens with zero attached hydrogens (tertiary/aromatic N) is 1. The molecule has 0 bridgehead atoms. The summed E-state index contributed by atoms with van der Waals surface area (Å²) >= 11 is 5.05. The summed E-state index contributed by atoms with van der Waals surface area (Å²) in [4.78, 5) is 0. The third-order valence-corrected chi connectivity index (χ3v) is 2.54. The van der Waals surface area contributed by atoms with Crippen LogP contribution in [0.15, 0.2) is 27.8 Å². The van der Waals surface area contributed by atoms with Crippen LogP contribution in [0.4, 0.5) is 0 Å². The van der Waals surface area contributed by atoms with Gasteiger partial charge in [-0.05, 0) is 0 Å². The first-order valence-electron chi connectivity index (χ1n) is 3.94. The Labute approximate surface area is 88.9 Å². The van der Waals surface area contributed by atoms with Crippen LogP contribution in [-0.4, -0.2) is 42.9 Å². The second kappa shape index (κ2) is 5.62. The van der Waals surface area contributed by atoms with Crippen LogP contribution in [0, 0.1) is 0 Å². The molecular weight excluding hydrogens is 178 g/mol. The molecule has 0 heterocycles. The zero-order valence-electron chi connectivity index (χ0n) is 6.96. The first-order valence-corrected chi connectivity index (χ1v) is 5.04. The zero-order chi connectivity index (χ0) is 8.81. The van der Waals surface area contributed by atoms with E-state index in [1.807, 2.05) is 0 Å². The van der Waals surface area contributed by atoms with Crippen LogP contribution in [0.25, 0.3) is 0 Å². The van der Waals surface area contributed by atoms with Gasteiger partial charge < -0.3 is 0 Å². The molecule has 12 heavy (non-hydrogen) atoms. The van der Waals surface area contributed by atoms with Gasteiger partial charge in [-0.1, -0.05) is 0 Å². The van der Waals surface area contributed by atoms with E-state index in [1.165, 1.54) is 9.95 Å². The maximum absolute atomic E-state index is 3.76. The van der Waals surface area contributed by atoms with Gasteiger partial charge in [-0.15, -0.1) is 0 Å². The van der Waals surface area contributed by atoms with E-state index in [1.54, 1.807) is 0 Å². The molecule has 0 aromatic rings. The SMILES string of the molecule is [Al]=[N]NC[C](=[Al])C1=CC=CCC1. The molecule has 1 aliphatic rings. The summed E-state index contributed by atoms with van der Waals surface area (Å²) in [6.07, 6.45) is 8.77. The molecule has 58 valence electrons. The van der Waals surface area contributed by atoms with E-state index < -0.39 is 0 Å². The van der Waals surface area contributed by atoms with Crippen LogP contribution in [-0.2, 0) is 0 Å². The Hall–Kier alpha value is 0.0149. The van der Waals surface area contributed by atoms with Gasteiger partial charge in [-0.25, -0.2) is 0 Å². The van der Waals surface area contributed by atoms with E-state index >= 15 is 0 Å². The molecule has 0 saturated heterocycles. The van der Waals surface area contributed by atoms with Gasteiger partial charge in [-0.3, -0.25) is 0 Å². The molecule has 0 unspecified atom stereocenters. The van der Waals surface area contributed by atoms with Crippen LogP contribution in [0.5, 0.6) is 0 Å². The minimum atomic E-state index is 0.813. The summed E-state index contributed by atoms with van der Waals surface area (Å²) in [5.74, 6) is 0. The summed E-state index contributed by atoms with van der Waals surface area (Å²) in [5.41, 5.74) is 4.32. The molecule has 1 N–H and O–H groups in total. The fourth-order valence-electron chi connectivity index (χ4n) is 1.11. The van der Waals surface area contributed by atoms with Crippen molar-refractivity contribution in [3.63, 3.8) is 0 Å². The summed E-state index contributed by atoms with van der Waals surface area (Å²) in [7, 11) is 0. The number of nitrogens with one attached hydrogen (secondary N) is 1. The molecule has 0 atom stereocenters. The average Bonchev–Trinajstić information content (AvgIpc) is 2.15. The van der Waals surface area contributed by atoms with E-state index in [2.05, 4.69) is 59.6 Å². The molecule has 0 aromatic carbocycles. The van der Waals surface area contributed by atoms with Crippen molar-refractivity contribution < 1.29 is 0 Å². The van der Waals surface area contributed by atoms with Crippen LogP contribution in [0.1, 0.15) is 12.8 Å². The Morgan fingerprint density at radius 2 is 2.50 bits per heavy atom. The minimum absolute atomic E-state index is 0.813. The number of rotatable bonds is 4. The van der Waals surface area contributed by atoms with Crippen molar-refractivity contribution in [1.82, 2.24) is 5.43 Å². The van der Waals surface area contributed by atoms with E-state index in [9.17, 15) is 0 Å². The topological polar surface area (TPSA) is 24.4 Å². The van der Waals surface area contributed by atoms with Gasteiger partial charge in [0.1, 0.15) is 0 Å². The Morgan fingerprint density at radius 3 is 3.08 bits per heavy atom. The number of hydrogen-bond donors (Lipinski definition) is 1. The molecule has 0 fully saturated rings. The van der Waals surface area contributed by atoms with E-state index in [-0.39, 0.29) is 0 Å². The fourth-order valence-corrected chi connectivity index (χ4v) is 1.54. The van der Waals surface area contributed by atoms with Crippen molar-refractivity contribution in [2.24, 2.45) is 4.04 Å². The first kappa shape index (κ1) is 10.1. The van der Waals surface area contributed by atoms with Crippen LogP contribution < -0.4 is 5.43 Å². The predicted molar refractivity (Wildman–Crippen MR) is 53.4 cm³/mol. The second-order valence-electron chi connectivity index (χ2n) is 2.65. The van der Waals surface area contributed by atoms with Gasteiger partial charge in [0.05, 0.1) is 0 Å². The molecule has 0 spiro atoms. The van der Waals surface area contributed by atoms with Crippen molar-refractivity contribution in [2.45, 2.75) is 12.8 Å². The van der Waals surface area contributed by atoms with Crippen molar-refractivity contribution in [3.8, 4) is 0 Å². The molecule has 0 amide bonds. The van der Waals surface area contributed by atoms with Crippen LogP contribution in [0.2, 0.25) is 0 Å². The summed E-state index contributed by atoms with van der Waals surface area (Å²) in [6, 6.07) is 0. The Morgan fingerprint density at radius 1 is 1.67 bits per heavy atom. The van der Waals surface area contributed by atoms with Gasteiger partial charge >= 0.3 is 89.0 Å². The van der Waals surface area contributed by atoms with E-state index in [0.717, 1.165) is 19.4 Å². The molecule has 2 radical (unpaired) electrons. The Bertz CT molecular complexity index is 243. The van der Waals surface area contributed by atoms with Gasteiger partial charge in [-0.2, -0.15) is 0 Å². The zero-order valence-corrected chi connectivity index (χ0v) is 9.26. The molecular formula is C8H10Al2N2. The van der Waals surface area contributed by atoms with Gasteiger partial charge in [0.2, 0.25) is 0 Å². The Kier molecular flexibility index (Phi) is 4.73. The van der Waals surface area contributed by atoms with Crippen molar-refractivity contribution in [1.29, 1.82) is 0 Å². The van der Waals surface area contributed by atoms with Crippen molar-refractivity contribution in [2.75, 3.05) is 6.54 Å². The molecule has 0 saturated carbocycles. The van der Waals surface area contributed by atoms with E-state index in [0.29, 0.717) is 0 Å². The monoisotopic (exact) mass is 188 g/mol. The molecule has 0 aromatic heterocycles. The third kappa shape index (κ3) is 3.17. The summed E-state index contributed by atoms with van der Waals surface area (Å²) in [6.45, 7) is 0.813. The van der Waals surface area contributed by atoms with Gasteiger partial charge in [0.25, 0.3) is 0 Å². The van der Waals surface area contributed by atoms with Gasteiger partial charge in [0.15, 0.2) is 0 Å². The van der Waals surface area contributed by atoms with Crippen LogP contribution >= 0.6 is 0 Å². The molecule has 1 aliphatic carbocycles. The maximum atomic E-state index is 3.76. The Balaban J connectivity index is 2.45. The number of allylic oxidation sites excluding steroid dienone is 3. The van der Waals surface area contributed by atoms with Crippen LogP contribution in [0.3, 0.4) is 0 Å². The normalized spacial score (nSPS) is 15.0. The predicted octanol–water partition coefficient (Wildman–Crippen LogP) is 0.460. The molecule has 2 nitrogen and oxygen atoms in total. The fraction of sp³-hybridized carbons (Fsp3) is 0.375. The molecule has 1 rings (SSSR count). The average molecular weight is 188 g/mol. The first-order chi connectivity index (χ1) is 5.84. The van der Waals surface area contributed by atoms with Gasteiger partial charge in [0, 0.05) is 0 Å². The number of hydrogen-bond acceptors (Lipinski definition) is 2. The molecule has 4 heteroatoms. The second-order valence-corrected chi connectivity index (χ2v) is 3.60. The summed E-state index contributed by atoms with van der Waals surface area (Å²) in [5, 5.41) is 0. The third-order valence-electron chi connectivity index (χ3n) is 1.79. The summed E-state index contributed by atoms with van der Waals surface area (Å²) < 4.78 is 5.05. The van der Waals surface area contributed by atoms with Crippen molar-refractivity contribution >= 4 is 36.3 Å².